The number of benzene rings is 2. The van der Waals surface area contributed by atoms with Crippen molar-refractivity contribution in [1.29, 1.82) is 5.41 Å². The number of carboxylic acid groups (broad SMARTS) is 1. The van der Waals surface area contributed by atoms with E-state index in [1.54, 1.807) is 41.7 Å². The number of hydrogen-bond acceptors (Lipinski definition) is 6. The molecule has 0 saturated heterocycles. The molecule has 0 aliphatic heterocycles. The molecule has 172 valence electrons. The predicted octanol–water partition coefficient (Wildman–Crippen LogP) is 4.02. The van der Waals surface area contributed by atoms with Gasteiger partial charge in [-0.05, 0) is 59.0 Å². The average Bonchev–Trinajstić information content (AvgIpc) is 3.34. The quantitative estimate of drug-likeness (QED) is 0.219. The summed E-state index contributed by atoms with van der Waals surface area (Å²) in [7, 11) is -3.94. The number of amides is 1. The van der Waals surface area contributed by atoms with E-state index in [-0.39, 0.29) is 18.0 Å². The highest BCUT2D eigenvalue weighted by atomic mass is 32.1. The normalized spacial score (nSPS) is 13.2. The third kappa shape index (κ3) is 6.55. The second-order valence-electron chi connectivity index (χ2n) is 7.81. The summed E-state index contributed by atoms with van der Waals surface area (Å²) in [4.78, 5) is 45.7. The highest BCUT2D eigenvalue weighted by Gasteiger charge is 2.45. The van der Waals surface area contributed by atoms with E-state index in [0.29, 0.717) is 5.56 Å². The van der Waals surface area contributed by atoms with E-state index in [0.717, 1.165) is 16.7 Å². The Balaban J connectivity index is 1.82. The van der Waals surface area contributed by atoms with Crippen molar-refractivity contribution >= 4 is 36.4 Å². The Hall–Kier alpha value is -2.90. The minimum Gasteiger partial charge on any atom is -0.480 e. The fraction of sp³-hybridized carbons (Fsp3) is 0.208. The van der Waals surface area contributed by atoms with Crippen molar-refractivity contribution in [3.05, 3.63) is 82.6 Å². The maximum atomic E-state index is 12.9. The number of aliphatic carboxylic acids is 1. The lowest BCUT2D eigenvalue weighted by atomic mass is 9.98. The van der Waals surface area contributed by atoms with Crippen LogP contribution in [0.2, 0.25) is 0 Å². The van der Waals surface area contributed by atoms with Gasteiger partial charge in [-0.15, -0.1) is 0 Å². The summed E-state index contributed by atoms with van der Waals surface area (Å²) in [5.74, 6) is -2.71. The molecule has 0 fully saturated rings. The smallest absolute Gasteiger partial charge is 0.325 e. The molecule has 0 aliphatic rings. The summed E-state index contributed by atoms with van der Waals surface area (Å²) in [6, 6.07) is 16.8. The van der Waals surface area contributed by atoms with Gasteiger partial charge in [-0.2, -0.15) is 11.3 Å². The molecule has 33 heavy (non-hydrogen) atoms. The number of rotatable bonds is 10. The summed E-state index contributed by atoms with van der Waals surface area (Å²) in [6.07, 6.45) is -0.182. The standard InChI is InChI=1S/C24H25N2O5PS/c1-16(24(28)29)26-23(27)21(14-32(30,31)22(25)19-5-3-2-4-6-19)13-17-7-9-18(10-8-17)20-11-12-33-15-20/h2-12,15-16,21,25,30-31H,13-14H2,1H3,(H-,26,27,28,29)/p+1/t16-,21+/m0/s1. The molecular weight excluding hydrogens is 459 g/mol. The highest BCUT2D eigenvalue weighted by molar-refractivity contribution is 7.82. The van der Waals surface area contributed by atoms with Gasteiger partial charge in [-0.25, -0.2) is 9.79 Å². The van der Waals surface area contributed by atoms with Crippen LogP contribution in [0.15, 0.2) is 71.4 Å². The number of carboxylic acids is 1. The van der Waals surface area contributed by atoms with Crippen molar-refractivity contribution < 1.29 is 24.5 Å². The lowest BCUT2D eigenvalue weighted by Gasteiger charge is -2.21. The van der Waals surface area contributed by atoms with Crippen molar-refractivity contribution in [3.63, 3.8) is 0 Å². The summed E-state index contributed by atoms with van der Waals surface area (Å²) >= 11 is 1.60. The van der Waals surface area contributed by atoms with E-state index in [9.17, 15) is 19.4 Å². The second-order valence-corrected chi connectivity index (χ2v) is 10.9. The molecular formula is C24H26N2O5PS+. The van der Waals surface area contributed by atoms with Gasteiger partial charge in [-0.1, -0.05) is 42.5 Å². The molecule has 0 radical (unpaired) electrons. The van der Waals surface area contributed by atoms with Crippen LogP contribution in [0.5, 0.6) is 0 Å². The van der Waals surface area contributed by atoms with Crippen molar-refractivity contribution in [2.45, 2.75) is 19.4 Å². The Labute approximate surface area is 196 Å². The summed E-state index contributed by atoms with van der Waals surface area (Å²) in [5, 5.41) is 23.9. The van der Waals surface area contributed by atoms with Gasteiger partial charge >= 0.3 is 13.7 Å². The molecule has 0 aliphatic carbocycles. The molecule has 7 nitrogen and oxygen atoms in total. The minimum atomic E-state index is -3.94. The summed E-state index contributed by atoms with van der Waals surface area (Å²) in [5.41, 5.74) is 2.96. The van der Waals surface area contributed by atoms with Crippen LogP contribution in [0, 0.1) is 11.3 Å². The molecule has 3 aromatic rings. The van der Waals surface area contributed by atoms with Gasteiger partial charge in [0, 0.05) is 5.56 Å². The molecule has 9 heteroatoms. The van der Waals surface area contributed by atoms with Crippen LogP contribution in [0.1, 0.15) is 18.1 Å². The van der Waals surface area contributed by atoms with E-state index in [2.05, 4.69) is 5.32 Å². The first kappa shape index (κ1) is 24.7. The van der Waals surface area contributed by atoms with Gasteiger partial charge in [0.1, 0.15) is 12.2 Å². The first-order valence-electron chi connectivity index (χ1n) is 10.3. The van der Waals surface area contributed by atoms with Gasteiger partial charge in [0.2, 0.25) is 11.4 Å². The van der Waals surface area contributed by atoms with Gasteiger partial charge in [0.15, 0.2) is 0 Å². The summed E-state index contributed by atoms with van der Waals surface area (Å²) in [6.45, 7) is 1.35. The molecule has 0 unspecified atom stereocenters. The molecule has 0 saturated carbocycles. The van der Waals surface area contributed by atoms with E-state index in [1.807, 2.05) is 41.1 Å². The number of carbonyl (C=O) groups is 2. The third-order valence-corrected chi connectivity index (χ3v) is 7.88. The Morgan fingerprint density at radius 1 is 1.03 bits per heavy atom. The average molecular weight is 486 g/mol. The second kappa shape index (κ2) is 10.8. The zero-order valence-electron chi connectivity index (χ0n) is 18.0. The van der Waals surface area contributed by atoms with E-state index < -0.39 is 31.6 Å². The molecule has 5 N–H and O–H groups in total. The fourth-order valence-corrected chi connectivity index (χ4v) is 5.70. The zero-order valence-corrected chi connectivity index (χ0v) is 19.7. The number of thiophene rings is 1. The van der Waals surface area contributed by atoms with E-state index in [4.69, 9.17) is 10.5 Å². The maximum Gasteiger partial charge on any atom is 0.325 e. The van der Waals surface area contributed by atoms with Crippen LogP contribution in [-0.4, -0.2) is 44.4 Å². The molecule has 2 atom stereocenters. The predicted molar refractivity (Wildman–Crippen MR) is 132 cm³/mol. The molecule has 0 bridgehead atoms. The van der Waals surface area contributed by atoms with Crippen LogP contribution < -0.4 is 5.32 Å². The lowest BCUT2D eigenvalue weighted by Crippen LogP contribution is -2.43. The molecule has 3 rings (SSSR count). The van der Waals surface area contributed by atoms with E-state index in [1.165, 1.54) is 6.92 Å². The molecule has 0 spiro atoms. The third-order valence-electron chi connectivity index (χ3n) is 5.27. The zero-order chi connectivity index (χ0) is 24.0. The first-order chi connectivity index (χ1) is 15.7. The maximum absolute atomic E-state index is 12.9. The number of carbonyl (C=O) groups excluding carboxylic acids is 1. The van der Waals surface area contributed by atoms with Gasteiger partial charge in [-0.3, -0.25) is 15.0 Å². The molecule has 1 heterocycles. The Morgan fingerprint density at radius 2 is 1.70 bits per heavy atom. The Kier molecular flexibility index (Phi) is 8.10. The lowest BCUT2D eigenvalue weighted by molar-refractivity contribution is -0.141. The van der Waals surface area contributed by atoms with Crippen molar-refractivity contribution in [1.82, 2.24) is 5.32 Å². The largest absolute Gasteiger partial charge is 0.480 e. The minimum absolute atomic E-state index is 0.174. The van der Waals surface area contributed by atoms with Crippen molar-refractivity contribution in [2.24, 2.45) is 5.92 Å². The van der Waals surface area contributed by atoms with Crippen LogP contribution >= 0.6 is 19.1 Å². The topological polar surface area (TPSA) is 131 Å². The van der Waals surface area contributed by atoms with Crippen molar-refractivity contribution in [2.75, 3.05) is 6.16 Å². The van der Waals surface area contributed by atoms with Crippen molar-refractivity contribution in [3.8, 4) is 11.1 Å². The molecule has 2 aromatic carbocycles. The number of nitrogens with one attached hydrogen (secondary N) is 2. The van der Waals surface area contributed by atoms with E-state index >= 15 is 0 Å². The SMILES string of the molecule is C[C@H](NC(=O)[C@H](Cc1ccc(-c2ccsc2)cc1)C[P+](O)(O)C(=N)c1ccccc1)C(=O)O. The molecule has 1 amide bonds. The van der Waals surface area contributed by atoms with Crippen LogP contribution in [-0.2, 0) is 16.0 Å². The first-order valence-corrected chi connectivity index (χ1v) is 13.1. The van der Waals surface area contributed by atoms with Gasteiger partial charge in [0.05, 0.1) is 5.92 Å². The monoisotopic (exact) mass is 485 g/mol. The Bertz CT molecular complexity index is 1100. The highest BCUT2D eigenvalue weighted by Crippen LogP contribution is 2.54. The Morgan fingerprint density at radius 3 is 2.27 bits per heavy atom. The van der Waals surface area contributed by atoms with Crippen LogP contribution in [0.4, 0.5) is 0 Å². The van der Waals surface area contributed by atoms with Gasteiger partial charge in [0.25, 0.3) is 0 Å². The fourth-order valence-electron chi connectivity index (χ4n) is 3.38. The van der Waals surface area contributed by atoms with Crippen LogP contribution in [0.25, 0.3) is 11.1 Å². The molecule has 1 aromatic heterocycles. The van der Waals surface area contributed by atoms with Crippen LogP contribution in [0.3, 0.4) is 0 Å². The number of hydrogen-bond donors (Lipinski definition) is 5. The summed E-state index contributed by atoms with van der Waals surface area (Å²) < 4.78 is 0. The van der Waals surface area contributed by atoms with Gasteiger partial charge < -0.3 is 10.4 Å².